The highest BCUT2D eigenvalue weighted by Crippen LogP contribution is 2.60. The van der Waals surface area contributed by atoms with Crippen LogP contribution in [-0.2, 0) is 9.53 Å². The summed E-state index contributed by atoms with van der Waals surface area (Å²) in [5, 5.41) is 11.9. The first-order valence-electron chi connectivity index (χ1n) is 14.1. The summed E-state index contributed by atoms with van der Waals surface area (Å²) in [5.41, 5.74) is 0.00495. The Morgan fingerprint density at radius 2 is 1.95 bits per heavy atom. The Bertz CT molecular complexity index is 1270. The van der Waals surface area contributed by atoms with Crippen molar-refractivity contribution in [2.45, 2.75) is 88.6 Å². The normalized spacial score (nSPS) is 27.4. The van der Waals surface area contributed by atoms with Crippen molar-refractivity contribution in [1.82, 2.24) is 30.0 Å². The van der Waals surface area contributed by atoms with Crippen LogP contribution >= 0.6 is 11.8 Å². The summed E-state index contributed by atoms with van der Waals surface area (Å²) in [6.45, 7) is 9.91. The molecule has 2 atom stereocenters. The van der Waals surface area contributed by atoms with E-state index in [1.54, 1.807) is 35.0 Å². The van der Waals surface area contributed by atoms with Gasteiger partial charge in [-0.2, -0.15) is 5.10 Å². The lowest BCUT2D eigenvalue weighted by atomic mass is 9.48. The summed E-state index contributed by atoms with van der Waals surface area (Å²) in [6, 6.07) is 0.107. The van der Waals surface area contributed by atoms with Crippen molar-refractivity contribution < 1.29 is 19.1 Å². The smallest absolute Gasteiger partial charge is 0.419 e. The average molecular weight is 569 g/mol. The Kier molecular flexibility index (Phi) is 7.87. The highest BCUT2D eigenvalue weighted by molar-refractivity contribution is 7.99. The lowest BCUT2D eigenvalue weighted by molar-refractivity contribution is -0.120. The van der Waals surface area contributed by atoms with Gasteiger partial charge >= 0.3 is 6.09 Å². The van der Waals surface area contributed by atoms with Crippen molar-refractivity contribution in [3.8, 4) is 0 Å². The van der Waals surface area contributed by atoms with Gasteiger partial charge in [0.2, 0.25) is 5.91 Å². The third-order valence-corrected chi connectivity index (χ3v) is 9.49. The van der Waals surface area contributed by atoms with Crippen molar-refractivity contribution in [2.24, 2.45) is 23.2 Å². The van der Waals surface area contributed by atoms with Gasteiger partial charge in [-0.25, -0.2) is 19.0 Å². The highest BCUT2D eigenvalue weighted by Gasteiger charge is 2.56. The van der Waals surface area contributed by atoms with E-state index in [1.807, 2.05) is 26.1 Å². The van der Waals surface area contributed by atoms with E-state index < -0.39 is 5.54 Å². The van der Waals surface area contributed by atoms with Crippen molar-refractivity contribution in [3.63, 3.8) is 0 Å². The molecule has 2 amide bonds. The second-order valence-corrected chi connectivity index (χ2v) is 14.3. The van der Waals surface area contributed by atoms with Crippen LogP contribution in [0.4, 0.5) is 4.79 Å². The average Bonchev–Trinajstić information content (AvgIpc) is 3.53. The summed E-state index contributed by atoms with van der Waals surface area (Å²) < 4.78 is 8.83. The van der Waals surface area contributed by atoms with Crippen LogP contribution in [0.2, 0.25) is 0 Å². The molecule has 2 N–H and O–H groups in total. The first kappa shape index (κ1) is 28.4. The van der Waals surface area contributed by atoms with Crippen LogP contribution in [-0.4, -0.2) is 60.7 Å². The van der Waals surface area contributed by atoms with E-state index in [0.717, 1.165) is 37.1 Å². The van der Waals surface area contributed by atoms with Crippen LogP contribution in [0, 0.1) is 23.2 Å². The second kappa shape index (κ2) is 11.1. The quantitative estimate of drug-likeness (QED) is 0.425. The fourth-order valence-electron chi connectivity index (χ4n) is 7.20. The lowest BCUT2D eigenvalue weighted by Crippen LogP contribution is -2.60. The molecule has 2 aromatic rings. The number of amides is 2. The molecule has 0 spiro atoms. The van der Waals surface area contributed by atoms with Gasteiger partial charge < -0.3 is 15.4 Å². The standard InChI is InChI=1S/C29H40N6O4S/c1-18(2)40-26-23(15-31-35(26)8-6-28(4,5)33-19(3)36)25(37)32-24-21-10-20-11-22(24)14-29(12-20,13-21)16-39-27(38)34-9-7-30-17-34/h6-9,15,17-18,20-22,24H,10-14,16H2,1-5H3,(H,32,37)(H,33,36)/b8-6+/t20?,21?,22?,24-,29-. The third kappa shape index (κ3) is 6.14. The number of ether oxygens (including phenoxy) is 1. The van der Waals surface area contributed by atoms with Crippen LogP contribution < -0.4 is 10.6 Å². The molecule has 0 radical (unpaired) electrons. The molecular formula is C29H40N6O4S. The van der Waals surface area contributed by atoms with Gasteiger partial charge in [0.25, 0.3) is 5.91 Å². The van der Waals surface area contributed by atoms with Crippen LogP contribution in [0.5, 0.6) is 0 Å². The minimum Gasteiger partial charge on any atom is -0.448 e. The van der Waals surface area contributed by atoms with E-state index >= 15 is 0 Å². The largest absolute Gasteiger partial charge is 0.448 e. The molecule has 2 aromatic heterocycles. The van der Waals surface area contributed by atoms with E-state index in [9.17, 15) is 14.4 Å². The van der Waals surface area contributed by atoms with Crippen molar-refractivity contribution in [3.05, 3.63) is 36.6 Å². The van der Waals surface area contributed by atoms with Gasteiger partial charge in [-0.05, 0) is 69.8 Å². The molecule has 0 aliphatic heterocycles. The van der Waals surface area contributed by atoms with E-state index in [4.69, 9.17) is 4.74 Å². The predicted molar refractivity (Wildman–Crippen MR) is 153 cm³/mol. The van der Waals surface area contributed by atoms with Crippen molar-refractivity contribution in [1.29, 1.82) is 0 Å². The van der Waals surface area contributed by atoms with Gasteiger partial charge in [-0.3, -0.25) is 9.59 Å². The molecule has 0 saturated heterocycles. The van der Waals surface area contributed by atoms with Crippen molar-refractivity contribution >= 4 is 35.9 Å². The molecule has 2 unspecified atom stereocenters. The van der Waals surface area contributed by atoms with E-state index in [0.29, 0.717) is 29.9 Å². The second-order valence-electron chi connectivity index (χ2n) is 12.7. The monoisotopic (exact) mass is 568 g/mol. The summed E-state index contributed by atoms with van der Waals surface area (Å²) in [5.74, 6) is 1.15. The molecule has 10 nitrogen and oxygen atoms in total. The first-order valence-corrected chi connectivity index (χ1v) is 15.0. The summed E-state index contributed by atoms with van der Waals surface area (Å²) in [4.78, 5) is 41.6. The Hall–Kier alpha value is -3.08. The molecule has 0 aromatic carbocycles. The van der Waals surface area contributed by atoms with Gasteiger partial charge in [-0.15, -0.1) is 11.8 Å². The van der Waals surface area contributed by atoms with Crippen LogP contribution in [0.1, 0.15) is 77.1 Å². The lowest BCUT2D eigenvalue weighted by Gasteiger charge is -2.59. The van der Waals surface area contributed by atoms with Gasteiger partial charge in [0, 0.05) is 42.2 Å². The minimum absolute atomic E-state index is 0.0109. The van der Waals surface area contributed by atoms with Crippen LogP contribution in [0.15, 0.2) is 36.0 Å². The molecule has 6 rings (SSSR count). The number of imidazole rings is 1. The fraction of sp³-hybridized carbons (Fsp3) is 0.621. The molecule has 4 fully saturated rings. The van der Waals surface area contributed by atoms with Gasteiger partial charge in [-0.1, -0.05) is 13.8 Å². The maximum atomic E-state index is 13.7. The predicted octanol–water partition coefficient (Wildman–Crippen LogP) is 4.58. The Labute approximate surface area is 239 Å². The molecule has 11 heteroatoms. The van der Waals surface area contributed by atoms with E-state index in [-0.39, 0.29) is 34.6 Å². The number of carbonyl (C=O) groups excluding carboxylic acids is 3. The van der Waals surface area contributed by atoms with E-state index in [1.165, 1.54) is 17.8 Å². The Morgan fingerprint density at radius 3 is 2.58 bits per heavy atom. The maximum Gasteiger partial charge on any atom is 0.419 e. The summed E-state index contributed by atoms with van der Waals surface area (Å²) >= 11 is 1.60. The number of hydrogen-bond donors (Lipinski definition) is 2. The maximum absolute atomic E-state index is 13.7. The first-order chi connectivity index (χ1) is 18.9. The fourth-order valence-corrected chi connectivity index (χ4v) is 8.13. The van der Waals surface area contributed by atoms with Gasteiger partial charge in [0.1, 0.15) is 11.4 Å². The van der Waals surface area contributed by atoms with E-state index in [2.05, 4.69) is 34.6 Å². The molecule has 40 heavy (non-hydrogen) atoms. The number of aromatic nitrogens is 4. The van der Waals surface area contributed by atoms with Crippen LogP contribution in [0.25, 0.3) is 6.20 Å². The molecule has 4 saturated carbocycles. The van der Waals surface area contributed by atoms with Gasteiger partial charge in [0.15, 0.2) is 0 Å². The number of rotatable bonds is 9. The zero-order valence-corrected chi connectivity index (χ0v) is 24.7. The number of carbonyl (C=O) groups is 3. The minimum atomic E-state index is -0.552. The molecule has 4 aliphatic carbocycles. The number of nitrogens with zero attached hydrogens (tertiary/aromatic N) is 4. The third-order valence-electron chi connectivity index (χ3n) is 8.39. The van der Waals surface area contributed by atoms with Gasteiger partial charge in [0.05, 0.1) is 23.9 Å². The molecule has 216 valence electrons. The molecule has 4 bridgehead atoms. The van der Waals surface area contributed by atoms with Crippen LogP contribution in [0.3, 0.4) is 0 Å². The Balaban J connectivity index is 1.28. The molecule has 4 aliphatic rings. The zero-order chi connectivity index (χ0) is 28.7. The number of thioether (sulfide) groups is 1. The number of nitrogens with one attached hydrogen (secondary N) is 2. The Morgan fingerprint density at radius 1 is 1.23 bits per heavy atom. The summed E-state index contributed by atoms with van der Waals surface area (Å²) in [6.07, 6.45) is 14.8. The zero-order valence-electron chi connectivity index (χ0n) is 23.9. The SMILES string of the molecule is CC(=O)NC(C)(C)/C=C/n1ncc(C(=O)N[C@H]2C3CC4CC2C[C@](COC(=O)n2ccnc2)(C4)C3)c1SC(C)C. The topological polar surface area (TPSA) is 120 Å². The molecular weight excluding hydrogens is 528 g/mol. The number of hydrogen-bond acceptors (Lipinski definition) is 7. The molecule has 2 heterocycles. The van der Waals surface area contributed by atoms with Crippen molar-refractivity contribution in [2.75, 3.05) is 6.61 Å². The summed E-state index contributed by atoms with van der Waals surface area (Å²) in [7, 11) is 0. The highest BCUT2D eigenvalue weighted by atomic mass is 32.2.